The van der Waals surface area contributed by atoms with E-state index in [9.17, 15) is 19.7 Å². The maximum Gasteiger partial charge on any atom is 0.277 e. The molecule has 1 aromatic rings. The van der Waals surface area contributed by atoms with Gasteiger partial charge in [0.2, 0.25) is 0 Å². The molecule has 0 fully saturated rings. The highest BCUT2D eigenvalue weighted by Crippen LogP contribution is 2.27. The van der Waals surface area contributed by atoms with Gasteiger partial charge in [-0.25, -0.2) is 5.06 Å². The Hall–Kier alpha value is -2.28. The molecule has 0 radical (unpaired) electrons. The molecule has 0 aliphatic rings. The summed E-state index contributed by atoms with van der Waals surface area (Å²) in [7, 11) is 2.69. The minimum absolute atomic E-state index is 0.0914. The maximum atomic E-state index is 12.0. The van der Waals surface area contributed by atoms with E-state index < -0.39 is 10.8 Å². The Balaban J connectivity index is 3.48. The third-order valence-corrected chi connectivity index (χ3v) is 2.74. The van der Waals surface area contributed by atoms with Crippen LogP contribution < -0.4 is 0 Å². The Morgan fingerprint density at radius 3 is 2.63 bits per heavy atom. The summed E-state index contributed by atoms with van der Waals surface area (Å²) < 4.78 is 0. The number of carbonyl (C=O) groups excluding carboxylic acids is 2. The van der Waals surface area contributed by atoms with E-state index in [1.165, 1.54) is 26.3 Å². The van der Waals surface area contributed by atoms with Gasteiger partial charge in [0.1, 0.15) is 6.29 Å². The van der Waals surface area contributed by atoms with Crippen molar-refractivity contribution in [1.29, 1.82) is 0 Å². The fourth-order valence-electron chi connectivity index (χ4n) is 1.75. The zero-order valence-electron chi connectivity index (χ0n) is 10.9. The van der Waals surface area contributed by atoms with Gasteiger partial charge < -0.3 is 4.79 Å². The summed E-state index contributed by atoms with van der Waals surface area (Å²) in [5.74, 6) is -0.539. The summed E-state index contributed by atoms with van der Waals surface area (Å²) in [6, 6.07) is 2.93. The first-order chi connectivity index (χ1) is 8.93. The summed E-state index contributed by atoms with van der Waals surface area (Å²) in [6.45, 7) is 1.56. The number of nitrogens with zero attached hydrogens (tertiary/aromatic N) is 2. The molecule has 7 nitrogen and oxygen atoms in total. The molecule has 7 heteroatoms. The van der Waals surface area contributed by atoms with Crippen molar-refractivity contribution in [3.05, 3.63) is 38.9 Å². The summed E-state index contributed by atoms with van der Waals surface area (Å²) in [5.41, 5.74) is 0.392. The second-order valence-corrected chi connectivity index (χ2v) is 3.87. The quantitative estimate of drug-likeness (QED) is 0.455. The summed E-state index contributed by atoms with van der Waals surface area (Å²) in [5, 5.41) is 12.0. The lowest BCUT2D eigenvalue weighted by atomic mass is 9.98. The van der Waals surface area contributed by atoms with Crippen LogP contribution in [0, 0.1) is 17.0 Å². The van der Waals surface area contributed by atoms with E-state index in [4.69, 9.17) is 4.84 Å². The molecule has 0 atom stereocenters. The van der Waals surface area contributed by atoms with Gasteiger partial charge in [0.15, 0.2) is 0 Å². The summed E-state index contributed by atoms with van der Waals surface area (Å²) >= 11 is 0. The highest BCUT2D eigenvalue weighted by atomic mass is 16.7. The van der Waals surface area contributed by atoms with Crippen LogP contribution in [0.4, 0.5) is 5.69 Å². The number of aldehydes is 1. The van der Waals surface area contributed by atoms with E-state index in [-0.39, 0.29) is 23.2 Å². The van der Waals surface area contributed by atoms with E-state index in [2.05, 4.69) is 0 Å². The molecule has 0 saturated carbocycles. The minimum Gasteiger partial charge on any atom is -0.303 e. The van der Waals surface area contributed by atoms with Crippen LogP contribution in [0.5, 0.6) is 0 Å². The molecular formula is C12H14N2O5. The fourth-order valence-corrected chi connectivity index (χ4v) is 1.75. The minimum atomic E-state index is -0.586. The first kappa shape index (κ1) is 14.8. The van der Waals surface area contributed by atoms with Gasteiger partial charge in [0.25, 0.3) is 11.6 Å². The van der Waals surface area contributed by atoms with Crippen molar-refractivity contribution >= 4 is 17.9 Å². The van der Waals surface area contributed by atoms with Crippen molar-refractivity contribution in [2.24, 2.45) is 0 Å². The topological polar surface area (TPSA) is 89.8 Å². The molecule has 0 aliphatic carbocycles. The zero-order chi connectivity index (χ0) is 14.6. The van der Waals surface area contributed by atoms with Crippen LogP contribution in [-0.2, 0) is 16.1 Å². The van der Waals surface area contributed by atoms with Crippen molar-refractivity contribution in [1.82, 2.24) is 5.06 Å². The largest absolute Gasteiger partial charge is 0.303 e. The monoisotopic (exact) mass is 266 g/mol. The highest BCUT2D eigenvalue weighted by Gasteiger charge is 2.25. The first-order valence-corrected chi connectivity index (χ1v) is 5.46. The lowest BCUT2D eigenvalue weighted by Gasteiger charge is -2.16. The van der Waals surface area contributed by atoms with E-state index >= 15 is 0 Å². The SMILES string of the molecule is CON(C)C(=O)c1ccc(C)c([N+](=O)[O-])c1CC=O. The van der Waals surface area contributed by atoms with Gasteiger partial charge in [-0.05, 0) is 13.0 Å². The number of hydroxylamine groups is 2. The molecule has 0 spiro atoms. The molecule has 0 bridgehead atoms. The number of nitro groups is 1. The van der Waals surface area contributed by atoms with Gasteiger partial charge >= 0.3 is 0 Å². The maximum absolute atomic E-state index is 12.0. The van der Waals surface area contributed by atoms with Crippen molar-refractivity contribution < 1.29 is 19.3 Å². The van der Waals surface area contributed by atoms with Crippen molar-refractivity contribution in [3.8, 4) is 0 Å². The second-order valence-electron chi connectivity index (χ2n) is 3.87. The van der Waals surface area contributed by atoms with Crippen LogP contribution in [0.15, 0.2) is 12.1 Å². The average Bonchev–Trinajstić information content (AvgIpc) is 2.37. The molecule has 19 heavy (non-hydrogen) atoms. The molecular weight excluding hydrogens is 252 g/mol. The third kappa shape index (κ3) is 2.94. The zero-order valence-corrected chi connectivity index (χ0v) is 10.9. The molecule has 0 heterocycles. The number of carbonyl (C=O) groups is 2. The lowest BCUT2D eigenvalue weighted by Crippen LogP contribution is -2.27. The van der Waals surface area contributed by atoms with Gasteiger partial charge in [-0.3, -0.25) is 19.7 Å². The Morgan fingerprint density at radius 2 is 2.16 bits per heavy atom. The van der Waals surface area contributed by atoms with E-state index in [0.29, 0.717) is 11.8 Å². The average molecular weight is 266 g/mol. The highest BCUT2D eigenvalue weighted by molar-refractivity contribution is 5.97. The Labute approximate surface area is 109 Å². The second kappa shape index (κ2) is 6.05. The van der Waals surface area contributed by atoms with E-state index in [1.54, 1.807) is 6.92 Å². The van der Waals surface area contributed by atoms with Crippen LogP contribution in [-0.4, -0.2) is 36.3 Å². The smallest absolute Gasteiger partial charge is 0.277 e. The predicted octanol–water partition coefficient (Wildman–Crippen LogP) is 1.28. The van der Waals surface area contributed by atoms with Gasteiger partial charge in [0.05, 0.1) is 17.6 Å². The third-order valence-electron chi connectivity index (χ3n) is 2.74. The van der Waals surface area contributed by atoms with Gasteiger partial charge in [0, 0.05) is 24.6 Å². The van der Waals surface area contributed by atoms with Crippen LogP contribution >= 0.6 is 0 Å². The van der Waals surface area contributed by atoms with E-state index in [0.717, 1.165) is 5.06 Å². The van der Waals surface area contributed by atoms with Gasteiger partial charge in [-0.1, -0.05) is 6.07 Å². The number of aryl methyl sites for hydroxylation is 1. The number of benzene rings is 1. The number of rotatable bonds is 5. The standard InChI is InChI=1S/C12H14N2O5/c1-8-4-5-10(12(16)13(2)19-3)9(6-7-15)11(8)14(17)18/h4-5,7H,6H2,1-3H3. The number of nitro benzene ring substituents is 1. The molecule has 0 saturated heterocycles. The van der Waals surface area contributed by atoms with Crippen LogP contribution in [0.1, 0.15) is 21.5 Å². The number of amides is 1. The van der Waals surface area contributed by atoms with Crippen molar-refractivity contribution in [2.45, 2.75) is 13.3 Å². The molecule has 1 aromatic carbocycles. The Morgan fingerprint density at radius 1 is 1.53 bits per heavy atom. The van der Waals surface area contributed by atoms with Crippen LogP contribution in [0.3, 0.4) is 0 Å². The predicted molar refractivity (Wildman–Crippen MR) is 66.7 cm³/mol. The normalized spacial score (nSPS) is 10.1. The van der Waals surface area contributed by atoms with Crippen LogP contribution in [0.25, 0.3) is 0 Å². The van der Waals surface area contributed by atoms with E-state index in [1.807, 2.05) is 0 Å². The number of hydrogen-bond donors (Lipinski definition) is 0. The van der Waals surface area contributed by atoms with Gasteiger partial charge in [-0.15, -0.1) is 0 Å². The molecule has 1 amide bonds. The van der Waals surface area contributed by atoms with Crippen molar-refractivity contribution in [3.63, 3.8) is 0 Å². The Bertz CT molecular complexity index is 527. The molecule has 0 N–H and O–H groups in total. The van der Waals surface area contributed by atoms with Gasteiger partial charge in [-0.2, -0.15) is 0 Å². The molecule has 1 rings (SSSR count). The molecule has 0 aromatic heterocycles. The lowest BCUT2D eigenvalue weighted by molar-refractivity contribution is -0.386. The molecule has 102 valence electrons. The fraction of sp³-hybridized carbons (Fsp3) is 0.333. The van der Waals surface area contributed by atoms with Crippen molar-refractivity contribution in [2.75, 3.05) is 14.2 Å². The van der Waals surface area contributed by atoms with Crippen LogP contribution in [0.2, 0.25) is 0 Å². The molecule has 0 aliphatic heterocycles. The molecule has 0 unspecified atom stereocenters. The first-order valence-electron chi connectivity index (χ1n) is 5.46. The number of hydrogen-bond acceptors (Lipinski definition) is 5. The Kier molecular flexibility index (Phi) is 4.71. The summed E-state index contributed by atoms with van der Waals surface area (Å²) in [6.07, 6.45) is 0.335. The summed E-state index contributed by atoms with van der Waals surface area (Å²) in [4.78, 5) is 38.0.